The summed E-state index contributed by atoms with van der Waals surface area (Å²) >= 11 is 0. The normalized spacial score (nSPS) is 11.0. The molecule has 3 N–H and O–H groups in total. The van der Waals surface area contributed by atoms with Crippen molar-refractivity contribution in [1.29, 1.82) is 0 Å². The van der Waals surface area contributed by atoms with Gasteiger partial charge >= 0.3 is 0 Å². The molecule has 0 saturated carbocycles. The number of hydrazone groups is 1. The number of H-pyrrole nitrogens is 1. The predicted molar refractivity (Wildman–Crippen MR) is 88.0 cm³/mol. The molecule has 6 nitrogen and oxygen atoms in total. The Kier molecular flexibility index (Phi) is 3.97. The largest absolute Gasteiger partial charge is 0.507 e. The van der Waals surface area contributed by atoms with Gasteiger partial charge in [0, 0.05) is 16.5 Å². The van der Waals surface area contributed by atoms with E-state index in [-0.39, 0.29) is 11.7 Å². The Labute approximate surface area is 132 Å². The first-order valence-electron chi connectivity index (χ1n) is 6.96. The van der Waals surface area contributed by atoms with Crippen molar-refractivity contribution in [3.63, 3.8) is 0 Å². The number of methoxy groups -OCH3 is 1. The lowest BCUT2D eigenvalue weighted by Crippen LogP contribution is -2.17. The monoisotopic (exact) mass is 309 g/mol. The number of hydrogen-bond acceptors (Lipinski definition) is 4. The highest BCUT2D eigenvalue weighted by Gasteiger charge is 2.11. The molecule has 23 heavy (non-hydrogen) atoms. The highest BCUT2D eigenvalue weighted by molar-refractivity contribution is 6.00. The molecule has 2 aromatic carbocycles. The van der Waals surface area contributed by atoms with Gasteiger partial charge in [-0.15, -0.1) is 0 Å². The molecule has 0 fully saturated rings. The fourth-order valence-electron chi connectivity index (χ4n) is 2.25. The smallest absolute Gasteiger partial charge is 0.287 e. The summed E-state index contributed by atoms with van der Waals surface area (Å²) in [4.78, 5) is 15.1. The van der Waals surface area contributed by atoms with Crippen LogP contribution in [0.25, 0.3) is 10.9 Å². The van der Waals surface area contributed by atoms with E-state index in [2.05, 4.69) is 15.5 Å². The first-order chi connectivity index (χ1) is 11.2. The number of aromatic nitrogens is 1. The standard InChI is InChI=1S/C17H15N3O3/c1-23-16-8-4-6-13-12(16)9-14(19-13)17(22)20-18-10-11-5-2-3-7-15(11)21/h2-10,19,21H,1H3,(H,20,22)/b18-10-. The van der Waals surface area contributed by atoms with Crippen LogP contribution in [0.5, 0.6) is 11.5 Å². The first kappa shape index (κ1) is 14.6. The minimum Gasteiger partial charge on any atom is -0.507 e. The fourth-order valence-corrected chi connectivity index (χ4v) is 2.25. The zero-order valence-corrected chi connectivity index (χ0v) is 12.4. The van der Waals surface area contributed by atoms with E-state index in [0.717, 1.165) is 10.9 Å². The maximum absolute atomic E-state index is 12.1. The van der Waals surface area contributed by atoms with E-state index in [9.17, 15) is 9.90 Å². The van der Waals surface area contributed by atoms with Gasteiger partial charge in [0.25, 0.3) is 5.91 Å². The molecule has 0 spiro atoms. The van der Waals surface area contributed by atoms with Crippen LogP contribution in [0.4, 0.5) is 0 Å². The fraction of sp³-hybridized carbons (Fsp3) is 0.0588. The number of aromatic hydroxyl groups is 1. The molecule has 1 aromatic heterocycles. The quantitative estimate of drug-likeness (QED) is 0.511. The highest BCUT2D eigenvalue weighted by atomic mass is 16.5. The van der Waals surface area contributed by atoms with Gasteiger partial charge in [-0.2, -0.15) is 5.10 Å². The van der Waals surface area contributed by atoms with E-state index >= 15 is 0 Å². The predicted octanol–water partition coefficient (Wildman–Crippen LogP) is 2.65. The van der Waals surface area contributed by atoms with Crippen LogP contribution in [0, 0.1) is 0 Å². The minimum atomic E-state index is -0.380. The van der Waals surface area contributed by atoms with Gasteiger partial charge in [-0.1, -0.05) is 18.2 Å². The molecule has 0 aliphatic heterocycles. The molecule has 1 amide bonds. The number of phenolic OH excluding ortho intramolecular Hbond substituents is 1. The van der Waals surface area contributed by atoms with Crippen LogP contribution in [-0.4, -0.2) is 29.3 Å². The number of para-hydroxylation sites is 1. The first-order valence-corrected chi connectivity index (χ1v) is 6.96. The molecule has 116 valence electrons. The molecule has 3 aromatic rings. The Balaban J connectivity index is 1.77. The maximum Gasteiger partial charge on any atom is 0.287 e. The molecule has 0 bridgehead atoms. The number of carbonyl (C=O) groups is 1. The van der Waals surface area contributed by atoms with Crippen molar-refractivity contribution in [2.45, 2.75) is 0 Å². The zero-order chi connectivity index (χ0) is 16.2. The molecule has 6 heteroatoms. The lowest BCUT2D eigenvalue weighted by molar-refractivity contribution is 0.0951. The Morgan fingerprint density at radius 3 is 2.87 bits per heavy atom. The number of benzene rings is 2. The third-order valence-electron chi connectivity index (χ3n) is 3.40. The summed E-state index contributed by atoms with van der Waals surface area (Å²) in [5.41, 5.74) is 4.12. The number of hydrogen-bond donors (Lipinski definition) is 3. The molecule has 0 radical (unpaired) electrons. The van der Waals surface area contributed by atoms with Gasteiger partial charge in [-0.3, -0.25) is 4.79 Å². The minimum absolute atomic E-state index is 0.0980. The van der Waals surface area contributed by atoms with E-state index in [4.69, 9.17) is 4.74 Å². The molecule has 0 unspecified atom stereocenters. The van der Waals surface area contributed by atoms with Gasteiger partial charge in [-0.05, 0) is 30.3 Å². The molecule has 0 aliphatic carbocycles. The second kappa shape index (κ2) is 6.23. The maximum atomic E-state index is 12.1. The number of phenols is 1. The number of ether oxygens (including phenoxy) is 1. The summed E-state index contributed by atoms with van der Waals surface area (Å²) in [6.07, 6.45) is 1.39. The molecule has 3 rings (SSSR count). The van der Waals surface area contributed by atoms with Crippen molar-refractivity contribution in [2.75, 3.05) is 7.11 Å². The zero-order valence-electron chi connectivity index (χ0n) is 12.4. The molecule has 1 heterocycles. The Morgan fingerprint density at radius 1 is 1.26 bits per heavy atom. The number of nitrogens with zero attached hydrogens (tertiary/aromatic N) is 1. The number of fused-ring (bicyclic) bond motifs is 1. The van der Waals surface area contributed by atoms with E-state index in [1.54, 1.807) is 37.4 Å². The molecule has 0 saturated heterocycles. The average molecular weight is 309 g/mol. The Morgan fingerprint density at radius 2 is 2.09 bits per heavy atom. The summed E-state index contributed by atoms with van der Waals surface area (Å²) in [6.45, 7) is 0. The van der Waals surface area contributed by atoms with E-state index in [1.807, 2.05) is 18.2 Å². The summed E-state index contributed by atoms with van der Waals surface area (Å²) in [5, 5.41) is 14.3. The van der Waals surface area contributed by atoms with Crippen molar-refractivity contribution in [1.82, 2.24) is 10.4 Å². The number of nitrogens with one attached hydrogen (secondary N) is 2. The number of carbonyl (C=O) groups excluding carboxylic acids is 1. The molecular weight excluding hydrogens is 294 g/mol. The van der Waals surface area contributed by atoms with Crippen LogP contribution >= 0.6 is 0 Å². The van der Waals surface area contributed by atoms with Crippen LogP contribution in [0.2, 0.25) is 0 Å². The van der Waals surface area contributed by atoms with Crippen LogP contribution in [0.15, 0.2) is 53.6 Å². The second-order valence-electron chi connectivity index (χ2n) is 4.86. The number of amides is 1. The summed E-state index contributed by atoms with van der Waals surface area (Å²) in [6, 6.07) is 14.0. The van der Waals surface area contributed by atoms with Gasteiger partial charge in [0.2, 0.25) is 0 Å². The van der Waals surface area contributed by atoms with Crippen molar-refractivity contribution in [3.8, 4) is 11.5 Å². The molecular formula is C17H15N3O3. The number of rotatable bonds is 4. The topological polar surface area (TPSA) is 86.7 Å². The number of aromatic amines is 1. The van der Waals surface area contributed by atoms with Crippen LogP contribution in [-0.2, 0) is 0 Å². The summed E-state index contributed by atoms with van der Waals surface area (Å²) < 4.78 is 5.26. The van der Waals surface area contributed by atoms with E-state index in [0.29, 0.717) is 17.0 Å². The van der Waals surface area contributed by atoms with E-state index in [1.165, 1.54) is 6.21 Å². The van der Waals surface area contributed by atoms with Gasteiger partial charge in [0.05, 0.1) is 13.3 Å². The van der Waals surface area contributed by atoms with Gasteiger partial charge in [0.1, 0.15) is 17.2 Å². The van der Waals surface area contributed by atoms with Crippen LogP contribution in [0.1, 0.15) is 16.1 Å². The van der Waals surface area contributed by atoms with Crippen molar-refractivity contribution in [3.05, 3.63) is 59.8 Å². The van der Waals surface area contributed by atoms with Gasteiger partial charge in [0.15, 0.2) is 0 Å². The van der Waals surface area contributed by atoms with Gasteiger partial charge < -0.3 is 14.8 Å². The summed E-state index contributed by atoms with van der Waals surface area (Å²) in [7, 11) is 1.58. The summed E-state index contributed by atoms with van der Waals surface area (Å²) in [5.74, 6) is 0.409. The third-order valence-corrected chi connectivity index (χ3v) is 3.40. The Hall–Kier alpha value is -3.28. The second-order valence-corrected chi connectivity index (χ2v) is 4.86. The van der Waals surface area contributed by atoms with Crippen LogP contribution < -0.4 is 10.2 Å². The highest BCUT2D eigenvalue weighted by Crippen LogP contribution is 2.25. The van der Waals surface area contributed by atoms with Crippen LogP contribution in [0.3, 0.4) is 0 Å². The lowest BCUT2D eigenvalue weighted by Gasteiger charge is -1.99. The van der Waals surface area contributed by atoms with Crippen molar-refractivity contribution < 1.29 is 14.6 Å². The third kappa shape index (κ3) is 3.01. The van der Waals surface area contributed by atoms with E-state index < -0.39 is 0 Å². The average Bonchev–Trinajstić information content (AvgIpc) is 3.00. The van der Waals surface area contributed by atoms with Gasteiger partial charge in [-0.25, -0.2) is 5.43 Å². The van der Waals surface area contributed by atoms with Crippen molar-refractivity contribution in [2.24, 2.45) is 5.10 Å². The van der Waals surface area contributed by atoms with Crippen molar-refractivity contribution >= 4 is 23.0 Å². The lowest BCUT2D eigenvalue weighted by atomic mass is 10.2. The molecule has 0 atom stereocenters. The molecule has 0 aliphatic rings. The SMILES string of the molecule is COc1cccc2[nH]c(C(=O)N/N=C\c3ccccc3O)cc12. The Bertz CT molecular complexity index is 884.